The van der Waals surface area contributed by atoms with Crippen LogP contribution in [0.4, 0.5) is 11.4 Å². The summed E-state index contributed by atoms with van der Waals surface area (Å²) in [5.41, 5.74) is 4.22. The fraction of sp³-hybridized carbons (Fsp3) is 0.182. The monoisotopic (exact) mass is 395 g/mol. The fourth-order valence-corrected chi connectivity index (χ4v) is 2.89. The van der Waals surface area contributed by atoms with Crippen molar-refractivity contribution < 1.29 is 9.53 Å². The van der Waals surface area contributed by atoms with E-state index in [9.17, 15) is 4.79 Å². The van der Waals surface area contributed by atoms with Crippen LogP contribution >= 0.6 is 11.6 Å². The van der Waals surface area contributed by atoms with Gasteiger partial charge < -0.3 is 15.4 Å². The minimum absolute atomic E-state index is 0.208. The molecule has 144 valence electrons. The Morgan fingerprint density at radius 1 is 1.11 bits per heavy atom. The molecular weight excluding hydrogens is 374 g/mol. The zero-order valence-corrected chi connectivity index (χ0v) is 16.6. The SMILES string of the molecule is COc1ccc(CCNC(=O)c2cc(Nc3cc(Cl)ccc3C)ccn2)cc1. The summed E-state index contributed by atoms with van der Waals surface area (Å²) in [6, 6.07) is 17.0. The van der Waals surface area contributed by atoms with Gasteiger partial charge in [0.15, 0.2) is 0 Å². The van der Waals surface area contributed by atoms with Crippen molar-refractivity contribution in [2.75, 3.05) is 19.0 Å². The summed E-state index contributed by atoms with van der Waals surface area (Å²) in [7, 11) is 1.64. The molecule has 1 amide bonds. The number of aryl methyl sites for hydroxylation is 1. The predicted octanol–water partition coefficient (Wildman–Crippen LogP) is 4.77. The number of nitrogens with one attached hydrogen (secondary N) is 2. The van der Waals surface area contributed by atoms with Crippen molar-refractivity contribution in [3.63, 3.8) is 0 Å². The first-order valence-corrected chi connectivity index (χ1v) is 9.33. The molecule has 5 nitrogen and oxygen atoms in total. The van der Waals surface area contributed by atoms with Gasteiger partial charge in [0.05, 0.1) is 7.11 Å². The highest BCUT2D eigenvalue weighted by Crippen LogP contribution is 2.24. The van der Waals surface area contributed by atoms with Crippen molar-refractivity contribution in [2.24, 2.45) is 0 Å². The van der Waals surface area contributed by atoms with E-state index in [1.54, 1.807) is 19.4 Å². The van der Waals surface area contributed by atoms with Crippen LogP contribution in [0.25, 0.3) is 0 Å². The van der Waals surface area contributed by atoms with Gasteiger partial charge in [-0.3, -0.25) is 9.78 Å². The van der Waals surface area contributed by atoms with E-state index >= 15 is 0 Å². The van der Waals surface area contributed by atoms with Crippen LogP contribution in [0.5, 0.6) is 5.75 Å². The number of nitrogens with zero attached hydrogens (tertiary/aromatic N) is 1. The maximum Gasteiger partial charge on any atom is 0.269 e. The first-order valence-electron chi connectivity index (χ1n) is 8.95. The number of halogens is 1. The molecule has 3 aromatic rings. The first kappa shape index (κ1) is 19.7. The van der Waals surface area contributed by atoms with Crippen molar-refractivity contribution in [1.82, 2.24) is 10.3 Å². The molecule has 0 aliphatic rings. The lowest BCUT2D eigenvalue weighted by molar-refractivity contribution is 0.0949. The number of methoxy groups -OCH3 is 1. The highest BCUT2D eigenvalue weighted by atomic mass is 35.5. The molecule has 0 saturated carbocycles. The highest BCUT2D eigenvalue weighted by Gasteiger charge is 2.08. The van der Waals surface area contributed by atoms with E-state index in [4.69, 9.17) is 16.3 Å². The number of benzene rings is 2. The summed E-state index contributed by atoms with van der Waals surface area (Å²) in [4.78, 5) is 16.6. The predicted molar refractivity (Wildman–Crippen MR) is 113 cm³/mol. The lowest BCUT2D eigenvalue weighted by Gasteiger charge is -2.11. The van der Waals surface area contributed by atoms with Gasteiger partial charge in [0.25, 0.3) is 5.91 Å². The number of pyridine rings is 1. The molecule has 28 heavy (non-hydrogen) atoms. The first-order chi connectivity index (χ1) is 13.5. The molecule has 2 N–H and O–H groups in total. The summed E-state index contributed by atoms with van der Waals surface area (Å²) in [5, 5.41) is 6.84. The number of amides is 1. The Hall–Kier alpha value is -3.05. The molecule has 2 aromatic carbocycles. The molecule has 6 heteroatoms. The summed E-state index contributed by atoms with van der Waals surface area (Å²) < 4.78 is 5.15. The second-order valence-electron chi connectivity index (χ2n) is 6.37. The van der Waals surface area contributed by atoms with Gasteiger partial charge in [-0.25, -0.2) is 0 Å². The number of ether oxygens (including phenoxy) is 1. The Labute approximate surface area is 169 Å². The van der Waals surface area contributed by atoms with E-state index in [-0.39, 0.29) is 5.91 Å². The number of carbonyl (C=O) groups excluding carboxylic acids is 1. The largest absolute Gasteiger partial charge is 0.497 e. The minimum atomic E-state index is -0.208. The van der Waals surface area contributed by atoms with Crippen LogP contribution in [-0.4, -0.2) is 24.5 Å². The van der Waals surface area contributed by atoms with Crippen molar-refractivity contribution in [2.45, 2.75) is 13.3 Å². The van der Waals surface area contributed by atoms with Crippen LogP contribution < -0.4 is 15.4 Å². The lowest BCUT2D eigenvalue weighted by atomic mass is 10.1. The summed E-state index contributed by atoms with van der Waals surface area (Å²) in [6.07, 6.45) is 2.34. The van der Waals surface area contributed by atoms with Crippen molar-refractivity contribution in [3.8, 4) is 5.75 Å². The van der Waals surface area contributed by atoms with E-state index in [0.717, 1.165) is 34.7 Å². The van der Waals surface area contributed by atoms with Crippen LogP contribution in [0.15, 0.2) is 60.8 Å². The molecule has 0 saturated heterocycles. The van der Waals surface area contributed by atoms with E-state index < -0.39 is 0 Å². The molecule has 1 heterocycles. The molecule has 0 atom stereocenters. The minimum Gasteiger partial charge on any atom is -0.497 e. The summed E-state index contributed by atoms with van der Waals surface area (Å²) >= 11 is 6.07. The molecule has 0 aliphatic heterocycles. The summed E-state index contributed by atoms with van der Waals surface area (Å²) in [6.45, 7) is 2.52. The van der Waals surface area contributed by atoms with Gasteiger partial charge in [-0.05, 0) is 60.9 Å². The van der Waals surface area contributed by atoms with Crippen molar-refractivity contribution >= 4 is 28.9 Å². The third-order valence-electron chi connectivity index (χ3n) is 4.33. The Balaban J connectivity index is 1.59. The van der Waals surface area contributed by atoms with Gasteiger partial charge in [0.1, 0.15) is 11.4 Å². The maximum atomic E-state index is 12.4. The Bertz CT molecular complexity index is 958. The van der Waals surface area contributed by atoms with Crippen molar-refractivity contribution in [3.05, 3.63) is 82.6 Å². The molecule has 1 aromatic heterocycles. The molecule has 0 unspecified atom stereocenters. The summed E-state index contributed by atoms with van der Waals surface area (Å²) in [5.74, 6) is 0.608. The van der Waals surface area contributed by atoms with Gasteiger partial charge >= 0.3 is 0 Å². The van der Waals surface area contributed by atoms with Gasteiger partial charge in [-0.2, -0.15) is 0 Å². The lowest BCUT2D eigenvalue weighted by Crippen LogP contribution is -2.26. The number of rotatable bonds is 7. The van der Waals surface area contributed by atoms with Gasteiger partial charge in [-0.15, -0.1) is 0 Å². The van der Waals surface area contributed by atoms with Crippen molar-refractivity contribution in [1.29, 1.82) is 0 Å². The molecule has 0 aliphatic carbocycles. The molecule has 0 radical (unpaired) electrons. The molecule has 0 bridgehead atoms. The zero-order valence-electron chi connectivity index (χ0n) is 15.8. The van der Waals surface area contributed by atoms with Crippen LogP contribution in [0, 0.1) is 6.92 Å². The molecular formula is C22H22ClN3O2. The number of anilines is 2. The van der Waals surface area contributed by atoms with E-state index in [1.165, 1.54) is 0 Å². The van der Waals surface area contributed by atoms with Crippen LogP contribution in [0.3, 0.4) is 0 Å². The third-order valence-corrected chi connectivity index (χ3v) is 4.56. The highest BCUT2D eigenvalue weighted by molar-refractivity contribution is 6.30. The molecule has 0 fully saturated rings. The van der Waals surface area contributed by atoms with Gasteiger partial charge in [0.2, 0.25) is 0 Å². The molecule has 0 spiro atoms. The number of aromatic nitrogens is 1. The van der Waals surface area contributed by atoms with Crippen LogP contribution in [0.2, 0.25) is 5.02 Å². The van der Waals surface area contributed by atoms with E-state index in [0.29, 0.717) is 17.3 Å². The molecule has 3 rings (SSSR count). The maximum absolute atomic E-state index is 12.4. The van der Waals surface area contributed by atoms with Gasteiger partial charge in [-0.1, -0.05) is 29.8 Å². The van der Waals surface area contributed by atoms with E-state index in [2.05, 4.69) is 15.6 Å². The van der Waals surface area contributed by atoms with Gasteiger partial charge in [0, 0.05) is 29.1 Å². The quantitative estimate of drug-likeness (QED) is 0.605. The van der Waals surface area contributed by atoms with Crippen LogP contribution in [-0.2, 0) is 6.42 Å². The number of hydrogen-bond donors (Lipinski definition) is 2. The Morgan fingerprint density at radius 2 is 1.89 bits per heavy atom. The normalized spacial score (nSPS) is 10.4. The average Bonchev–Trinajstić information content (AvgIpc) is 2.71. The Morgan fingerprint density at radius 3 is 2.64 bits per heavy atom. The van der Waals surface area contributed by atoms with E-state index in [1.807, 2.05) is 55.5 Å². The standard InChI is InChI=1S/C22H22ClN3O2/c1-15-3-6-17(23)13-20(15)26-18-10-12-24-21(14-18)22(27)25-11-9-16-4-7-19(28-2)8-5-16/h3-8,10,12-14H,9,11H2,1-2H3,(H,24,26)(H,25,27). The smallest absolute Gasteiger partial charge is 0.269 e. The second-order valence-corrected chi connectivity index (χ2v) is 6.80. The third kappa shape index (κ3) is 5.24. The number of carbonyl (C=O) groups is 1. The fourth-order valence-electron chi connectivity index (χ4n) is 2.72. The topological polar surface area (TPSA) is 63.2 Å². The van der Waals surface area contributed by atoms with Crippen LogP contribution in [0.1, 0.15) is 21.6 Å². The average molecular weight is 396 g/mol. The Kier molecular flexibility index (Phi) is 6.50. The zero-order chi connectivity index (χ0) is 19.9. The number of hydrogen-bond acceptors (Lipinski definition) is 4. The second kappa shape index (κ2) is 9.24.